The van der Waals surface area contributed by atoms with Gasteiger partial charge in [0.15, 0.2) is 22.8 Å². The summed E-state index contributed by atoms with van der Waals surface area (Å²) in [6, 6.07) is 6.24. The summed E-state index contributed by atoms with van der Waals surface area (Å²) < 4.78 is 5.49. The molecule has 1 aromatic heterocycles. The molecule has 0 unspecified atom stereocenters. The molecule has 0 saturated heterocycles. The van der Waals surface area contributed by atoms with Gasteiger partial charge >= 0.3 is 11.9 Å². The van der Waals surface area contributed by atoms with Crippen molar-refractivity contribution in [1.29, 1.82) is 0 Å². The quantitative estimate of drug-likeness (QED) is 0.354. The minimum atomic E-state index is -1.34. The molecule has 1 heterocycles. The predicted molar refractivity (Wildman–Crippen MR) is 90.3 cm³/mol. The SMILES string of the molecule is O=C(O)/C=C/c1cc(O)c2oc(-c3ccc(O)c(O)c3)c(C(=O)O)c2c1. The molecular weight excluding hydrogens is 344 g/mol. The molecular formula is C18H12O8. The smallest absolute Gasteiger partial charge is 0.340 e. The van der Waals surface area contributed by atoms with E-state index in [1.54, 1.807) is 0 Å². The van der Waals surface area contributed by atoms with Crippen molar-refractivity contribution < 1.29 is 39.5 Å². The number of aromatic carboxylic acids is 1. The number of carboxylic acids is 2. The monoisotopic (exact) mass is 356 g/mol. The molecule has 3 rings (SSSR count). The highest BCUT2D eigenvalue weighted by Crippen LogP contribution is 2.40. The van der Waals surface area contributed by atoms with E-state index in [0.717, 1.165) is 12.1 Å². The molecule has 132 valence electrons. The summed E-state index contributed by atoms with van der Waals surface area (Å²) in [5.41, 5.74) is 0.0696. The Hall–Kier alpha value is -3.94. The Balaban J connectivity index is 2.29. The molecule has 0 aliphatic rings. The van der Waals surface area contributed by atoms with E-state index in [1.807, 2.05) is 0 Å². The van der Waals surface area contributed by atoms with Gasteiger partial charge in [-0.15, -0.1) is 0 Å². The van der Waals surface area contributed by atoms with E-state index in [0.29, 0.717) is 0 Å². The molecule has 0 amide bonds. The topological polar surface area (TPSA) is 148 Å². The van der Waals surface area contributed by atoms with Gasteiger partial charge in [-0.1, -0.05) is 0 Å². The number of aliphatic carboxylic acids is 1. The second kappa shape index (κ2) is 6.17. The van der Waals surface area contributed by atoms with Crippen LogP contribution in [-0.2, 0) is 4.79 Å². The van der Waals surface area contributed by atoms with Crippen LogP contribution in [0, 0.1) is 0 Å². The number of carboxylic acid groups (broad SMARTS) is 2. The lowest BCUT2D eigenvalue weighted by Crippen LogP contribution is -1.97. The van der Waals surface area contributed by atoms with Crippen LogP contribution < -0.4 is 0 Å². The van der Waals surface area contributed by atoms with Gasteiger partial charge in [-0.2, -0.15) is 0 Å². The molecule has 0 spiro atoms. The number of fused-ring (bicyclic) bond motifs is 1. The van der Waals surface area contributed by atoms with E-state index in [-0.39, 0.29) is 44.9 Å². The van der Waals surface area contributed by atoms with Crippen molar-refractivity contribution >= 4 is 29.0 Å². The summed E-state index contributed by atoms with van der Waals surface area (Å²) in [5, 5.41) is 47.5. The van der Waals surface area contributed by atoms with Crippen molar-refractivity contribution in [3.05, 3.63) is 47.5 Å². The summed E-state index contributed by atoms with van der Waals surface area (Å²) in [7, 11) is 0. The molecule has 2 aromatic carbocycles. The average molecular weight is 356 g/mol. The highest BCUT2D eigenvalue weighted by Gasteiger charge is 2.24. The maximum Gasteiger partial charge on any atom is 0.340 e. The molecule has 26 heavy (non-hydrogen) atoms. The molecule has 0 saturated carbocycles. The number of carbonyl (C=O) groups is 2. The molecule has 8 nitrogen and oxygen atoms in total. The number of phenols is 3. The first-order valence-corrected chi connectivity index (χ1v) is 7.24. The number of aromatic hydroxyl groups is 3. The average Bonchev–Trinajstić information content (AvgIpc) is 2.95. The van der Waals surface area contributed by atoms with E-state index in [4.69, 9.17) is 9.52 Å². The van der Waals surface area contributed by atoms with Gasteiger partial charge in [0.2, 0.25) is 0 Å². The van der Waals surface area contributed by atoms with Crippen LogP contribution in [0.3, 0.4) is 0 Å². The standard InChI is InChI=1S/C18H12O8/c19-11-3-2-9(7-12(11)20)16-15(18(24)25)10-5-8(1-4-14(22)23)6-13(21)17(10)26-16/h1-7,19-21H,(H,22,23)(H,24,25)/b4-1+. The summed E-state index contributed by atoms with van der Waals surface area (Å²) >= 11 is 0. The maximum absolute atomic E-state index is 11.7. The zero-order chi connectivity index (χ0) is 19.0. The lowest BCUT2D eigenvalue weighted by atomic mass is 10.0. The van der Waals surface area contributed by atoms with Crippen LogP contribution in [0.1, 0.15) is 15.9 Å². The van der Waals surface area contributed by atoms with Gasteiger partial charge in [-0.25, -0.2) is 9.59 Å². The molecule has 0 aliphatic carbocycles. The molecule has 0 aliphatic heterocycles. The van der Waals surface area contributed by atoms with Crippen LogP contribution in [0.15, 0.2) is 40.8 Å². The van der Waals surface area contributed by atoms with Crippen LogP contribution in [-0.4, -0.2) is 37.5 Å². The van der Waals surface area contributed by atoms with E-state index in [2.05, 4.69) is 0 Å². The zero-order valence-electron chi connectivity index (χ0n) is 13.0. The summed E-state index contributed by atoms with van der Waals surface area (Å²) in [5.74, 6) is -3.89. The van der Waals surface area contributed by atoms with Gasteiger partial charge in [-0.3, -0.25) is 0 Å². The highest BCUT2D eigenvalue weighted by atomic mass is 16.4. The third kappa shape index (κ3) is 2.91. The zero-order valence-corrected chi connectivity index (χ0v) is 13.0. The number of hydrogen-bond donors (Lipinski definition) is 5. The number of rotatable bonds is 4. The summed E-state index contributed by atoms with van der Waals surface area (Å²) in [6.07, 6.45) is 2.05. The van der Waals surface area contributed by atoms with Gasteiger partial charge in [-0.05, 0) is 42.0 Å². The second-order valence-corrected chi connectivity index (χ2v) is 5.40. The Morgan fingerprint density at radius 3 is 2.27 bits per heavy atom. The van der Waals surface area contributed by atoms with Crippen molar-refractivity contribution in [3.8, 4) is 28.6 Å². The van der Waals surface area contributed by atoms with Crippen molar-refractivity contribution in [3.63, 3.8) is 0 Å². The van der Waals surface area contributed by atoms with Gasteiger partial charge in [0.05, 0.1) is 0 Å². The third-order valence-electron chi connectivity index (χ3n) is 3.66. The number of furan rings is 1. The first kappa shape index (κ1) is 16.9. The normalized spacial score (nSPS) is 11.2. The fraction of sp³-hybridized carbons (Fsp3) is 0. The van der Waals surface area contributed by atoms with E-state index < -0.39 is 17.7 Å². The Bertz CT molecular complexity index is 1070. The van der Waals surface area contributed by atoms with E-state index >= 15 is 0 Å². The number of hydrogen-bond acceptors (Lipinski definition) is 6. The third-order valence-corrected chi connectivity index (χ3v) is 3.66. The highest BCUT2D eigenvalue weighted by molar-refractivity contribution is 6.09. The number of phenolic OH excluding ortho intramolecular Hbond substituents is 3. The van der Waals surface area contributed by atoms with Crippen molar-refractivity contribution in [2.45, 2.75) is 0 Å². The van der Waals surface area contributed by atoms with Crippen LogP contribution in [0.25, 0.3) is 28.4 Å². The van der Waals surface area contributed by atoms with Gasteiger partial charge in [0, 0.05) is 17.0 Å². The van der Waals surface area contributed by atoms with Crippen molar-refractivity contribution in [2.75, 3.05) is 0 Å². The minimum absolute atomic E-state index is 0.0603. The Morgan fingerprint density at radius 1 is 0.923 bits per heavy atom. The molecule has 0 atom stereocenters. The Labute approximate surface area is 145 Å². The first-order chi connectivity index (χ1) is 12.3. The molecule has 0 bridgehead atoms. The first-order valence-electron chi connectivity index (χ1n) is 7.24. The molecule has 0 fully saturated rings. The van der Waals surface area contributed by atoms with Crippen LogP contribution >= 0.6 is 0 Å². The van der Waals surface area contributed by atoms with E-state index in [1.165, 1.54) is 30.3 Å². The van der Waals surface area contributed by atoms with Crippen molar-refractivity contribution in [1.82, 2.24) is 0 Å². The van der Waals surface area contributed by atoms with Gasteiger partial charge in [0.1, 0.15) is 11.3 Å². The fourth-order valence-corrected chi connectivity index (χ4v) is 2.55. The number of benzene rings is 2. The minimum Gasteiger partial charge on any atom is -0.504 e. The molecule has 3 aromatic rings. The largest absolute Gasteiger partial charge is 0.504 e. The van der Waals surface area contributed by atoms with Crippen LogP contribution in [0.5, 0.6) is 17.2 Å². The predicted octanol–water partition coefficient (Wildman–Crippen LogP) is 3.01. The van der Waals surface area contributed by atoms with E-state index in [9.17, 15) is 30.0 Å². The second-order valence-electron chi connectivity index (χ2n) is 5.40. The lowest BCUT2D eigenvalue weighted by molar-refractivity contribution is -0.131. The maximum atomic E-state index is 11.7. The van der Waals surface area contributed by atoms with Crippen molar-refractivity contribution in [2.24, 2.45) is 0 Å². The van der Waals surface area contributed by atoms with Crippen LogP contribution in [0.4, 0.5) is 0 Å². The summed E-state index contributed by atoms with van der Waals surface area (Å²) in [6.45, 7) is 0. The van der Waals surface area contributed by atoms with Crippen LogP contribution in [0.2, 0.25) is 0 Å². The Morgan fingerprint density at radius 2 is 1.65 bits per heavy atom. The fourth-order valence-electron chi connectivity index (χ4n) is 2.55. The van der Waals surface area contributed by atoms with Gasteiger partial charge in [0.25, 0.3) is 0 Å². The lowest BCUT2D eigenvalue weighted by Gasteiger charge is -2.02. The molecule has 0 radical (unpaired) electrons. The Kier molecular flexibility index (Phi) is 4.01. The van der Waals surface area contributed by atoms with Gasteiger partial charge < -0.3 is 29.9 Å². The molecule has 8 heteroatoms. The summed E-state index contributed by atoms with van der Waals surface area (Å²) in [4.78, 5) is 22.4. The molecule has 5 N–H and O–H groups in total.